The van der Waals surface area contributed by atoms with Crippen molar-refractivity contribution >= 4 is 204 Å². The molecular formula is C81H86Cl12N28O9S2. The molecule has 132 heavy (non-hydrogen) atoms. The Balaban J connectivity index is 0.000000165. The largest absolute Gasteiger partial charge is 0.491 e. The molecule has 15 rings (SSSR count). The number of likely N-dealkylation sites (N-methyl/N-ethyl adjacent to an activating group) is 3. The smallest absolute Gasteiger partial charge is 0.321 e. The Morgan fingerprint density at radius 2 is 0.667 bits per heavy atom. The van der Waals surface area contributed by atoms with Crippen molar-refractivity contribution in [2.24, 2.45) is 5.73 Å². The first-order valence-corrected chi connectivity index (χ1v) is 45.8. The number of aromatic nitrogens is 18. The van der Waals surface area contributed by atoms with Gasteiger partial charge in [0, 0.05) is 101 Å². The van der Waals surface area contributed by atoms with E-state index in [1.165, 1.54) is 37.7 Å². The second-order valence-electron chi connectivity index (χ2n) is 28.5. The molecule has 0 unspecified atom stereocenters. The molecule has 12 aromatic rings. The summed E-state index contributed by atoms with van der Waals surface area (Å²) in [6.07, 6.45) is 4.87. The summed E-state index contributed by atoms with van der Waals surface area (Å²) in [5.41, 5.74) is 45.7. The number of carbonyl (C=O) groups excluding carboxylic acids is 1. The molecule has 1 amide bonds. The van der Waals surface area contributed by atoms with Gasteiger partial charge in [-0.3, -0.25) is 4.79 Å². The number of nitrogen functional groups attached to an aromatic ring is 6. The number of rotatable bonds is 26. The summed E-state index contributed by atoms with van der Waals surface area (Å²) in [4.78, 5) is 91.0. The zero-order valence-corrected chi connectivity index (χ0v) is 83.0. The first-order valence-electron chi connectivity index (χ1n) is 39.1. The van der Waals surface area contributed by atoms with Crippen LogP contribution in [0.5, 0.6) is 46.5 Å². The van der Waals surface area contributed by atoms with Crippen LogP contribution in [0, 0.1) is 13.8 Å². The van der Waals surface area contributed by atoms with Gasteiger partial charge in [-0.2, -0.15) is 69.8 Å². The maximum Gasteiger partial charge on any atom is 0.321 e. The lowest BCUT2D eigenvalue weighted by Gasteiger charge is -2.14. The van der Waals surface area contributed by atoms with Crippen LogP contribution in [0.1, 0.15) is 41.2 Å². The lowest BCUT2D eigenvalue weighted by molar-refractivity contribution is -0.118. The number of primary amides is 1. The third-order valence-electron chi connectivity index (χ3n) is 17.9. The van der Waals surface area contributed by atoms with Crippen LogP contribution in [-0.2, 0) is 24.1 Å². The monoisotopic (exact) mass is 2080 g/mol. The Morgan fingerprint density at radius 1 is 0.371 bits per heavy atom. The SMILES string of the molecule is COc1nc(N)nc(-c2c(Cl)cc(Cl)c3c2CCO3)n1.COc1nc(N)nc(-c2cc(OCCN(C)C)c(Cl)cc2Cl)n1.CSc1nc(N)nc(-c2cc(OCCN(C)C)c(Cl)cc2Cl)n1.Cc1nc(N)nc(-c2c(Cl)cc(Cl)c3c2CCO3)n1.Cc1nc(N)nc(-c2cc(OCCN(C)C)c(Cl)cc2Cl)n1.NC(=O)CCCSc1nc(N)nc(-c2c(Cl)cc(Cl)c3c2CCO3)n1. The molecule has 0 spiro atoms. The summed E-state index contributed by atoms with van der Waals surface area (Å²) in [5.74, 6) is 7.68. The van der Waals surface area contributed by atoms with Crippen molar-refractivity contribution < 1.29 is 42.7 Å². The third kappa shape index (κ3) is 28.8. The summed E-state index contributed by atoms with van der Waals surface area (Å²) in [5, 5.41) is 6.28. The Bertz CT molecular complexity index is 6000. The number of hydrogen-bond donors (Lipinski definition) is 7. The number of thioether (sulfide) groups is 2. The molecule has 14 N–H and O–H groups in total. The van der Waals surface area contributed by atoms with Crippen LogP contribution in [0.15, 0.2) is 64.9 Å². The molecule has 0 aliphatic carbocycles. The van der Waals surface area contributed by atoms with E-state index >= 15 is 0 Å². The maximum absolute atomic E-state index is 10.8. The molecule has 0 saturated heterocycles. The molecule has 0 fully saturated rings. The number of nitrogens with two attached hydrogens (primary N) is 7. The highest BCUT2D eigenvalue weighted by Crippen LogP contribution is 2.48. The minimum absolute atomic E-state index is 0.0351. The summed E-state index contributed by atoms with van der Waals surface area (Å²) in [6, 6.07) is 15.0. The topological polar surface area (TPSA) is 515 Å². The minimum Gasteiger partial charge on any atom is -0.491 e. The van der Waals surface area contributed by atoms with Gasteiger partial charge in [0.1, 0.15) is 66.0 Å². The third-order valence-corrected chi connectivity index (χ3v) is 22.9. The van der Waals surface area contributed by atoms with Crippen molar-refractivity contribution in [2.45, 2.75) is 56.3 Å². The van der Waals surface area contributed by atoms with Crippen molar-refractivity contribution in [3.05, 3.63) is 143 Å². The molecular weight excluding hydrogens is 2000 g/mol. The fraction of sp³-hybridized carbons (Fsp3) is 0.321. The van der Waals surface area contributed by atoms with E-state index in [9.17, 15) is 4.79 Å². The zero-order chi connectivity index (χ0) is 96.1. The molecule has 700 valence electrons. The van der Waals surface area contributed by atoms with E-state index in [0.717, 1.165) is 48.3 Å². The Kier molecular flexibility index (Phi) is 38.6. The molecule has 0 saturated carbocycles. The van der Waals surface area contributed by atoms with Crippen molar-refractivity contribution in [3.63, 3.8) is 0 Å². The normalized spacial score (nSPS) is 11.9. The second kappa shape index (κ2) is 48.9. The highest BCUT2D eigenvalue weighted by molar-refractivity contribution is 7.99. The van der Waals surface area contributed by atoms with Gasteiger partial charge in [-0.1, -0.05) is 163 Å². The first-order chi connectivity index (χ1) is 62.8. The number of carbonyl (C=O) groups is 1. The second-order valence-corrected chi connectivity index (χ2v) is 35.2. The number of ether oxygens (including phenoxy) is 8. The van der Waals surface area contributed by atoms with Crippen LogP contribution in [0.4, 0.5) is 35.7 Å². The standard InChI is InChI=1S/C15H15Cl2N5O2S.C14H17Cl2N5O2.C14H17Cl2N5OS.C14H17Cl2N5O.C12H10Cl2N4O2.C12H10Cl2N4O/c16-8-6-9(17)12-7(3-4-24-12)11(8)13-20-14(19)22-15(21-13)25-5-1-2-10(18)23;1-21(2)4-5-23-11-6-8(9(15)7-10(11)16)12-18-13(17)20-14(19-12)22-3;1-21(2)4-5-22-11-6-8(9(15)7-10(11)16)12-18-13(17)20-14(19-12)23-3;1-8-18-13(20-14(17)19-8)9-6-12(11(16)7-10(9)15)22-5-4-21(2)3;1-19-12-17-10(16-11(15)18-12)8-5-2-3-20-9(5)7(14)4-6(8)13;1-5-16-11(18-12(15)17-5)9-6-2-3-19-10(6)8(14)4-7(9)13/h6H,1-5H2,(H2,18,23)(H2,19,20,21,22);2*6-7H,4-5H2,1-3H3,(H2,17,18,19,20);6-7H,4-5H2,1-3H3,(H2,17,18,19,20);4H,2-3H2,1H3,(H2,15,16,17,18);4H,2-3H2,1H3,(H2,15,16,17,18). The zero-order valence-electron chi connectivity index (χ0n) is 72.3. The molecule has 0 radical (unpaired) electrons. The number of benzene rings is 6. The van der Waals surface area contributed by atoms with E-state index in [1.54, 1.807) is 68.4 Å². The van der Waals surface area contributed by atoms with Gasteiger partial charge in [0.05, 0.1) is 94.3 Å². The lowest BCUT2D eigenvalue weighted by Crippen LogP contribution is -2.19. The van der Waals surface area contributed by atoms with Gasteiger partial charge in [-0.15, -0.1) is 0 Å². The van der Waals surface area contributed by atoms with Gasteiger partial charge in [0.15, 0.2) is 45.3 Å². The fourth-order valence-corrected chi connectivity index (χ4v) is 16.6. The van der Waals surface area contributed by atoms with Crippen LogP contribution in [0.3, 0.4) is 0 Å². The van der Waals surface area contributed by atoms with Crippen LogP contribution in [-0.4, -0.2) is 238 Å². The molecule has 51 heteroatoms. The number of aryl methyl sites for hydroxylation is 2. The van der Waals surface area contributed by atoms with Gasteiger partial charge < -0.3 is 92.7 Å². The summed E-state index contributed by atoms with van der Waals surface area (Å²) in [7, 11) is 14.7. The number of nitrogens with zero attached hydrogens (tertiary/aromatic N) is 21. The van der Waals surface area contributed by atoms with Gasteiger partial charge >= 0.3 is 12.0 Å². The van der Waals surface area contributed by atoms with Gasteiger partial charge in [0.2, 0.25) is 41.6 Å². The molecule has 37 nitrogen and oxygen atoms in total. The van der Waals surface area contributed by atoms with Gasteiger partial charge in [-0.25, -0.2) is 19.9 Å². The number of methoxy groups -OCH3 is 2. The first kappa shape index (κ1) is 104. The van der Waals surface area contributed by atoms with E-state index in [2.05, 4.69) is 89.7 Å². The van der Waals surface area contributed by atoms with Crippen molar-refractivity contribution in [2.75, 3.05) is 162 Å². The molecule has 9 heterocycles. The van der Waals surface area contributed by atoms with Crippen LogP contribution >= 0.6 is 163 Å². The Hall–Kier alpha value is -9.89. The Morgan fingerprint density at radius 3 is 1.02 bits per heavy atom. The van der Waals surface area contributed by atoms with E-state index in [4.69, 9.17) is 217 Å². The Labute approximate surface area is 826 Å². The summed E-state index contributed by atoms with van der Waals surface area (Å²) >= 11 is 77.3. The van der Waals surface area contributed by atoms with Crippen LogP contribution in [0.25, 0.3) is 68.3 Å². The van der Waals surface area contributed by atoms with E-state index in [-0.39, 0.29) is 59.4 Å². The molecule has 6 aromatic heterocycles. The van der Waals surface area contributed by atoms with E-state index in [1.807, 2.05) is 63.2 Å². The minimum atomic E-state index is -0.333. The quantitative estimate of drug-likeness (QED) is 0.0195. The maximum atomic E-state index is 10.8. The fourth-order valence-electron chi connectivity index (χ4n) is 12.0. The average molecular weight is 2090 g/mol. The molecule has 0 bridgehead atoms. The number of hydrogen-bond acceptors (Lipinski definition) is 38. The molecule has 3 aliphatic heterocycles. The van der Waals surface area contributed by atoms with Crippen molar-refractivity contribution in [1.29, 1.82) is 0 Å². The molecule has 6 aromatic carbocycles. The number of fused-ring (bicyclic) bond motifs is 3. The average Bonchev–Trinajstić information content (AvgIpc) is 1.53. The summed E-state index contributed by atoms with van der Waals surface area (Å²) < 4.78 is 43.7. The van der Waals surface area contributed by atoms with Gasteiger partial charge in [0.25, 0.3) is 0 Å². The molecule has 0 atom stereocenters. The number of anilines is 6. The molecule has 3 aliphatic rings. The predicted molar refractivity (Wildman–Crippen MR) is 521 cm³/mol. The predicted octanol–water partition coefficient (Wildman–Crippen LogP) is 15.9. The van der Waals surface area contributed by atoms with Gasteiger partial charge in [-0.05, 0) is 123 Å². The number of halogens is 12. The van der Waals surface area contributed by atoms with Crippen LogP contribution < -0.4 is 78.0 Å². The lowest BCUT2D eigenvalue weighted by atomic mass is 10.0. The highest BCUT2D eigenvalue weighted by Gasteiger charge is 2.30. The number of amides is 1. The van der Waals surface area contributed by atoms with E-state index < -0.39 is 0 Å². The van der Waals surface area contributed by atoms with Crippen LogP contribution in [0.2, 0.25) is 60.3 Å². The summed E-state index contributed by atoms with van der Waals surface area (Å²) in [6.45, 7) is 8.91. The van der Waals surface area contributed by atoms with Crippen molar-refractivity contribution in [1.82, 2.24) is 104 Å². The van der Waals surface area contributed by atoms with Crippen molar-refractivity contribution in [3.8, 4) is 115 Å². The van der Waals surface area contributed by atoms with E-state index in [0.29, 0.717) is 245 Å². The highest BCUT2D eigenvalue weighted by atomic mass is 35.5.